The summed E-state index contributed by atoms with van der Waals surface area (Å²) in [6, 6.07) is 2.53. The molecule has 4 heterocycles. The maximum atomic E-state index is 13.3. The summed E-state index contributed by atoms with van der Waals surface area (Å²) in [5.41, 5.74) is 1.35. The SMILES string of the molecule is Cc1cc(-c2cnc(C3CCN(C(C)C)CC3)nc2)sc1C(=O)N1CC[C@H](NC(=O)OC(C)(C)C)C1. The van der Waals surface area contributed by atoms with Crippen LogP contribution in [0.15, 0.2) is 18.5 Å². The number of thiophene rings is 1. The van der Waals surface area contributed by atoms with Gasteiger partial charge in [0.15, 0.2) is 0 Å². The van der Waals surface area contributed by atoms with Gasteiger partial charge in [0, 0.05) is 47.9 Å². The zero-order valence-electron chi connectivity index (χ0n) is 22.3. The van der Waals surface area contributed by atoms with Gasteiger partial charge in [-0.3, -0.25) is 4.79 Å². The van der Waals surface area contributed by atoms with Crippen LogP contribution < -0.4 is 5.32 Å². The number of rotatable bonds is 5. The number of likely N-dealkylation sites (tertiary alicyclic amines) is 2. The Labute approximate surface area is 218 Å². The minimum absolute atomic E-state index is 0.00619. The lowest BCUT2D eigenvalue weighted by molar-refractivity contribution is 0.0502. The van der Waals surface area contributed by atoms with Crippen LogP contribution in [-0.2, 0) is 4.74 Å². The van der Waals surface area contributed by atoms with E-state index in [-0.39, 0.29) is 11.9 Å². The lowest BCUT2D eigenvalue weighted by atomic mass is 9.95. The Morgan fingerprint density at radius 2 is 1.78 bits per heavy atom. The van der Waals surface area contributed by atoms with Gasteiger partial charge in [0.05, 0.1) is 10.9 Å². The summed E-state index contributed by atoms with van der Waals surface area (Å²) in [6.07, 6.45) is 6.25. The number of amides is 2. The molecule has 2 aromatic rings. The molecule has 9 heteroatoms. The zero-order chi connectivity index (χ0) is 26.0. The number of nitrogens with one attached hydrogen (secondary N) is 1. The summed E-state index contributed by atoms with van der Waals surface area (Å²) in [4.78, 5) is 40.8. The molecule has 2 aliphatic rings. The second-order valence-corrected chi connectivity index (χ2v) is 12.3. The summed E-state index contributed by atoms with van der Waals surface area (Å²) in [6.45, 7) is 15.2. The van der Waals surface area contributed by atoms with Crippen molar-refractivity contribution >= 4 is 23.3 Å². The quantitative estimate of drug-likeness (QED) is 0.616. The van der Waals surface area contributed by atoms with Crippen molar-refractivity contribution in [3.8, 4) is 10.4 Å². The van der Waals surface area contributed by atoms with Gasteiger partial charge in [0.2, 0.25) is 0 Å². The number of hydrogen-bond donors (Lipinski definition) is 1. The number of nitrogens with zero attached hydrogens (tertiary/aromatic N) is 4. The highest BCUT2D eigenvalue weighted by Gasteiger charge is 2.31. The highest BCUT2D eigenvalue weighted by atomic mass is 32.1. The van der Waals surface area contributed by atoms with Gasteiger partial charge < -0.3 is 19.9 Å². The first-order valence-corrected chi connectivity index (χ1v) is 13.8. The van der Waals surface area contributed by atoms with Gasteiger partial charge in [-0.1, -0.05) is 0 Å². The Balaban J connectivity index is 1.36. The van der Waals surface area contributed by atoms with E-state index in [0.717, 1.165) is 52.6 Å². The maximum absolute atomic E-state index is 13.3. The third-order valence-electron chi connectivity index (χ3n) is 6.89. The van der Waals surface area contributed by atoms with Crippen LogP contribution in [0.25, 0.3) is 10.4 Å². The number of piperidine rings is 1. The Bertz CT molecular complexity index is 1070. The van der Waals surface area contributed by atoms with E-state index in [1.165, 1.54) is 11.3 Å². The number of ether oxygens (including phenoxy) is 1. The highest BCUT2D eigenvalue weighted by molar-refractivity contribution is 7.17. The predicted octanol–water partition coefficient (Wildman–Crippen LogP) is 4.84. The van der Waals surface area contributed by atoms with Gasteiger partial charge in [-0.05, 0) is 85.5 Å². The van der Waals surface area contributed by atoms with Crippen molar-refractivity contribution < 1.29 is 14.3 Å². The Hall–Kier alpha value is -2.52. The molecule has 1 atom stereocenters. The van der Waals surface area contributed by atoms with Crippen molar-refractivity contribution in [1.29, 1.82) is 0 Å². The minimum atomic E-state index is -0.546. The number of carbonyl (C=O) groups excluding carboxylic acids is 2. The van der Waals surface area contributed by atoms with Crippen molar-refractivity contribution in [2.24, 2.45) is 0 Å². The molecule has 0 bridgehead atoms. The molecule has 2 saturated heterocycles. The molecule has 0 spiro atoms. The average Bonchev–Trinajstić information content (AvgIpc) is 3.44. The molecule has 1 N–H and O–H groups in total. The largest absolute Gasteiger partial charge is 0.444 e. The van der Waals surface area contributed by atoms with Crippen LogP contribution in [0.2, 0.25) is 0 Å². The fraction of sp³-hybridized carbons (Fsp3) is 0.630. The lowest BCUT2D eigenvalue weighted by Crippen LogP contribution is -2.41. The van der Waals surface area contributed by atoms with Gasteiger partial charge in [0.25, 0.3) is 5.91 Å². The summed E-state index contributed by atoms with van der Waals surface area (Å²) in [5, 5.41) is 2.89. The molecule has 0 saturated carbocycles. The van der Waals surface area contributed by atoms with E-state index < -0.39 is 11.7 Å². The number of alkyl carbamates (subject to hydrolysis) is 1. The second kappa shape index (κ2) is 10.8. The monoisotopic (exact) mass is 513 g/mol. The fourth-order valence-electron chi connectivity index (χ4n) is 4.87. The van der Waals surface area contributed by atoms with Gasteiger partial charge in [-0.25, -0.2) is 14.8 Å². The Kier molecular flexibility index (Phi) is 7.99. The van der Waals surface area contributed by atoms with Crippen LogP contribution in [0.3, 0.4) is 0 Å². The normalized spacial score (nSPS) is 19.6. The first-order valence-electron chi connectivity index (χ1n) is 13.0. The van der Waals surface area contributed by atoms with E-state index in [2.05, 4.69) is 24.1 Å². The van der Waals surface area contributed by atoms with Crippen molar-refractivity contribution in [1.82, 2.24) is 25.1 Å². The van der Waals surface area contributed by atoms with E-state index in [0.29, 0.717) is 31.5 Å². The number of aromatic nitrogens is 2. The molecule has 0 radical (unpaired) electrons. The summed E-state index contributed by atoms with van der Waals surface area (Å²) >= 11 is 1.49. The third kappa shape index (κ3) is 6.42. The van der Waals surface area contributed by atoms with Crippen LogP contribution in [0.4, 0.5) is 4.79 Å². The fourth-order valence-corrected chi connectivity index (χ4v) is 5.98. The van der Waals surface area contributed by atoms with E-state index in [1.807, 2.05) is 51.1 Å². The number of hydrogen-bond acceptors (Lipinski definition) is 7. The van der Waals surface area contributed by atoms with Crippen molar-refractivity contribution in [2.75, 3.05) is 26.2 Å². The first-order chi connectivity index (χ1) is 17.0. The van der Waals surface area contributed by atoms with Crippen LogP contribution >= 0.6 is 11.3 Å². The number of carbonyl (C=O) groups is 2. The van der Waals surface area contributed by atoms with E-state index in [9.17, 15) is 9.59 Å². The average molecular weight is 514 g/mol. The lowest BCUT2D eigenvalue weighted by Gasteiger charge is -2.33. The summed E-state index contributed by atoms with van der Waals surface area (Å²) < 4.78 is 5.35. The van der Waals surface area contributed by atoms with Gasteiger partial charge >= 0.3 is 6.09 Å². The van der Waals surface area contributed by atoms with Crippen LogP contribution in [0, 0.1) is 6.92 Å². The summed E-state index contributed by atoms with van der Waals surface area (Å²) in [5.74, 6) is 1.34. The van der Waals surface area contributed by atoms with Crippen LogP contribution in [0.5, 0.6) is 0 Å². The second-order valence-electron chi connectivity index (χ2n) is 11.2. The molecule has 36 heavy (non-hydrogen) atoms. The molecule has 8 nitrogen and oxygen atoms in total. The highest BCUT2D eigenvalue weighted by Crippen LogP contribution is 2.33. The van der Waals surface area contributed by atoms with Crippen LogP contribution in [-0.4, -0.2) is 75.6 Å². The molecule has 2 amide bonds. The molecule has 2 aliphatic heterocycles. The topological polar surface area (TPSA) is 87.7 Å². The Morgan fingerprint density at radius 3 is 2.39 bits per heavy atom. The predicted molar refractivity (Wildman–Crippen MR) is 142 cm³/mol. The minimum Gasteiger partial charge on any atom is -0.444 e. The molecule has 4 rings (SSSR count). The van der Waals surface area contributed by atoms with Crippen molar-refractivity contribution in [2.45, 2.75) is 84.4 Å². The maximum Gasteiger partial charge on any atom is 0.407 e. The zero-order valence-corrected chi connectivity index (χ0v) is 23.2. The molecule has 0 aromatic carbocycles. The standard InChI is InChI=1S/C27H39N5O3S/c1-17(2)31-10-7-19(8-11-31)24-28-14-20(15-29-24)22-13-18(3)23(36-22)25(33)32-12-9-21(16-32)30-26(34)35-27(4,5)6/h13-15,17,19,21H,7-12,16H2,1-6H3,(H,30,34)/t21-/m0/s1. The third-order valence-corrected chi connectivity index (χ3v) is 8.16. The van der Waals surface area contributed by atoms with E-state index in [4.69, 9.17) is 14.7 Å². The molecule has 0 aliphatic carbocycles. The number of aryl methyl sites for hydroxylation is 1. The van der Waals surface area contributed by atoms with E-state index >= 15 is 0 Å². The van der Waals surface area contributed by atoms with Gasteiger partial charge in [0.1, 0.15) is 11.4 Å². The Morgan fingerprint density at radius 1 is 1.11 bits per heavy atom. The van der Waals surface area contributed by atoms with Crippen molar-refractivity contribution in [3.05, 3.63) is 34.7 Å². The molecule has 0 unspecified atom stereocenters. The van der Waals surface area contributed by atoms with Gasteiger partial charge in [-0.15, -0.1) is 11.3 Å². The van der Waals surface area contributed by atoms with Crippen LogP contribution in [0.1, 0.15) is 80.9 Å². The van der Waals surface area contributed by atoms with E-state index in [1.54, 1.807) is 0 Å². The molecule has 196 valence electrons. The molecular weight excluding hydrogens is 474 g/mol. The summed E-state index contributed by atoms with van der Waals surface area (Å²) in [7, 11) is 0. The molecule has 2 fully saturated rings. The van der Waals surface area contributed by atoms with Gasteiger partial charge in [-0.2, -0.15) is 0 Å². The molecule has 2 aromatic heterocycles. The molecular formula is C27H39N5O3S. The van der Waals surface area contributed by atoms with Crippen molar-refractivity contribution in [3.63, 3.8) is 0 Å². The first kappa shape index (κ1) is 26.5. The smallest absolute Gasteiger partial charge is 0.407 e.